The molecule has 3 aromatic carbocycles. The van der Waals surface area contributed by atoms with Crippen molar-refractivity contribution in [3.05, 3.63) is 87.9 Å². The molecule has 2 amide bonds. The van der Waals surface area contributed by atoms with Crippen molar-refractivity contribution in [1.82, 2.24) is 0 Å². The molecule has 2 N–H and O–H groups in total. The van der Waals surface area contributed by atoms with Gasteiger partial charge < -0.3 is 15.4 Å². The summed E-state index contributed by atoms with van der Waals surface area (Å²) < 4.78 is 6.05. The number of carbonyl (C=O) groups is 2. The third kappa shape index (κ3) is 4.27. The highest BCUT2D eigenvalue weighted by Gasteiger charge is 2.33. The summed E-state index contributed by atoms with van der Waals surface area (Å²) in [5.41, 5.74) is 7.25. The van der Waals surface area contributed by atoms with Gasteiger partial charge in [-0.1, -0.05) is 41.4 Å². The van der Waals surface area contributed by atoms with Crippen LogP contribution in [0.1, 0.15) is 28.3 Å². The highest BCUT2D eigenvalue weighted by molar-refractivity contribution is 6.31. The van der Waals surface area contributed by atoms with Gasteiger partial charge in [-0.3, -0.25) is 9.59 Å². The van der Waals surface area contributed by atoms with Crippen molar-refractivity contribution in [1.29, 1.82) is 0 Å². The second-order valence-electron chi connectivity index (χ2n) is 7.06. The third-order valence-corrected chi connectivity index (χ3v) is 5.48. The van der Waals surface area contributed by atoms with E-state index in [1.165, 1.54) is 0 Å². The highest BCUT2D eigenvalue weighted by atomic mass is 35.5. The largest absolute Gasteiger partial charge is 0.457 e. The molecule has 1 atom stereocenters. The lowest BCUT2D eigenvalue weighted by atomic mass is 9.97. The summed E-state index contributed by atoms with van der Waals surface area (Å²) in [6, 6.07) is 19.2. The van der Waals surface area contributed by atoms with E-state index in [9.17, 15) is 9.59 Å². The average Bonchev–Trinajstić information content (AvgIpc) is 3.09. The van der Waals surface area contributed by atoms with Gasteiger partial charge in [-0.2, -0.15) is 0 Å². The molecule has 0 aromatic heterocycles. The molecular formula is C23H18Cl2N2O3. The predicted octanol–water partition coefficient (Wildman–Crippen LogP) is 5.41. The molecule has 1 heterocycles. The lowest BCUT2D eigenvalue weighted by molar-refractivity contribution is -0.117. The van der Waals surface area contributed by atoms with Crippen LogP contribution in [0.15, 0.2) is 66.7 Å². The molecule has 152 valence electrons. The first-order chi connectivity index (χ1) is 14.4. The Labute approximate surface area is 184 Å². The fourth-order valence-electron chi connectivity index (χ4n) is 3.58. The molecule has 0 aliphatic carbocycles. The fourth-order valence-corrected chi connectivity index (χ4v) is 3.93. The van der Waals surface area contributed by atoms with Gasteiger partial charge in [0.05, 0.1) is 0 Å². The molecule has 7 heteroatoms. The van der Waals surface area contributed by atoms with Gasteiger partial charge in [-0.05, 0) is 48.5 Å². The molecule has 1 aliphatic rings. The maximum atomic E-state index is 12.7. The summed E-state index contributed by atoms with van der Waals surface area (Å²) in [5, 5.41) is 1.10. The van der Waals surface area contributed by atoms with E-state index in [0.29, 0.717) is 45.8 Å². The van der Waals surface area contributed by atoms with Crippen LogP contribution in [-0.4, -0.2) is 18.4 Å². The van der Waals surface area contributed by atoms with Crippen LogP contribution in [0.4, 0.5) is 5.69 Å². The topological polar surface area (TPSA) is 72.6 Å². The summed E-state index contributed by atoms with van der Waals surface area (Å²) in [7, 11) is 0. The molecule has 1 saturated heterocycles. The molecular weight excluding hydrogens is 423 g/mol. The zero-order valence-electron chi connectivity index (χ0n) is 15.8. The van der Waals surface area contributed by atoms with Crippen LogP contribution >= 0.6 is 23.2 Å². The number of carbonyl (C=O) groups excluding carboxylic acids is 2. The highest BCUT2D eigenvalue weighted by Crippen LogP contribution is 2.39. The van der Waals surface area contributed by atoms with Gasteiger partial charge in [0.1, 0.15) is 11.5 Å². The Bertz CT molecular complexity index is 1130. The Morgan fingerprint density at radius 3 is 2.53 bits per heavy atom. The van der Waals surface area contributed by atoms with Crippen molar-refractivity contribution < 1.29 is 14.3 Å². The number of anilines is 1. The van der Waals surface area contributed by atoms with E-state index in [0.717, 1.165) is 5.56 Å². The minimum Gasteiger partial charge on any atom is -0.457 e. The maximum Gasteiger partial charge on any atom is 0.248 e. The van der Waals surface area contributed by atoms with Crippen molar-refractivity contribution in [3.8, 4) is 11.5 Å². The SMILES string of the molecule is NC(=O)c1cccc(N2CC(c3ccc(Cl)cc3Oc3cccc(Cl)c3)CC2=O)c1. The lowest BCUT2D eigenvalue weighted by Crippen LogP contribution is -2.24. The minimum atomic E-state index is -0.532. The minimum absolute atomic E-state index is 0.0368. The van der Waals surface area contributed by atoms with E-state index in [1.807, 2.05) is 6.07 Å². The van der Waals surface area contributed by atoms with Crippen LogP contribution in [0.5, 0.6) is 11.5 Å². The van der Waals surface area contributed by atoms with E-state index >= 15 is 0 Å². The molecule has 1 aliphatic heterocycles. The Hall–Kier alpha value is -3.02. The summed E-state index contributed by atoms with van der Waals surface area (Å²) in [6.45, 7) is 0.453. The monoisotopic (exact) mass is 440 g/mol. The first kappa shape index (κ1) is 20.3. The van der Waals surface area contributed by atoms with Gasteiger partial charge in [0.15, 0.2) is 0 Å². The summed E-state index contributed by atoms with van der Waals surface area (Å²) in [4.78, 5) is 25.9. The zero-order valence-corrected chi connectivity index (χ0v) is 17.4. The molecule has 3 aromatic rings. The average molecular weight is 441 g/mol. The molecule has 0 spiro atoms. The van der Waals surface area contributed by atoms with Gasteiger partial charge in [0.2, 0.25) is 11.8 Å². The Kier molecular flexibility index (Phi) is 5.66. The molecule has 5 nitrogen and oxygen atoms in total. The van der Waals surface area contributed by atoms with E-state index < -0.39 is 5.91 Å². The van der Waals surface area contributed by atoms with Gasteiger partial charge in [0.25, 0.3) is 0 Å². The van der Waals surface area contributed by atoms with Gasteiger partial charge in [-0.25, -0.2) is 0 Å². The maximum absolute atomic E-state index is 12.7. The number of hydrogen-bond acceptors (Lipinski definition) is 3. The quantitative estimate of drug-likeness (QED) is 0.576. The molecule has 4 rings (SSSR count). The molecule has 1 unspecified atom stereocenters. The number of rotatable bonds is 5. The second kappa shape index (κ2) is 8.38. The van der Waals surface area contributed by atoms with E-state index in [1.54, 1.807) is 65.6 Å². The van der Waals surface area contributed by atoms with Crippen LogP contribution in [-0.2, 0) is 4.79 Å². The molecule has 0 bridgehead atoms. The third-order valence-electron chi connectivity index (χ3n) is 5.01. The number of benzene rings is 3. The van der Waals surface area contributed by atoms with E-state index in [4.69, 9.17) is 33.7 Å². The fraction of sp³-hybridized carbons (Fsp3) is 0.130. The van der Waals surface area contributed by atoms with Crippen LogP contribution in [0, 0.1) is 0 Å². The first-order valence-corrected chi connectivity index (χ1v) is 10.1. The summed E-state index contributed by atoms with van der Waals surface area (Å²) in [6.07, 6.45) is 0.314. The molecule has 0 saturated carbocycles. The van der Waals surface area contributed by atoms with Crippen LogP contribution < -0.4 is 15.4 Å². The number of amides is 2. The number of nitrogens with two attached hydrogens (primary N) is 1. The van der Waals surface area contributed by atoms with Crippen LogP contribution in [0.25, 0.3) is 0 Å². The second-order valence-corrected chi connectivity index (χ2v) is 7.93. The normalized spacial score (nSPS) is 16.0. The Morgan fingerprint density at radius 1 is 1.00 bits per heavy atom. The van der Waals surface area contributed by atoms with Crippen molar-refractivity contribution in [3.63, 3.8) is 0 Å². The Morgan fingerprint density at radius 2 is 1.77 bits per heavy atom. The van der Waals surface area contributed by atoms with Crippen molar-refractivity contribution in [2.45, 2.75) is 12.3 Å². The van der Waals surface area contributed by atoms with Crippen LogP contribution in [0.2, 0.25) is 10.0 Å². The zero-order chi connectivity index (χ0) is 21.3. The predicted molar refractivity (Wildman–Crippen MR) is 118 cm³/mol. The smallest absolute Gasteiger partial charge is 0.248 e. The Balaban J connectivity index is 1.63. The van der Waals surface area contributed by atoms with Crippen molar-refractivity contribution in [2.75, 3.05) is 11.4 Å². The number of hydrogen-bond donors (Lipinski definition) is 1. The summed E-state index contributed by atoms with van der Waals surface area (Å²) in [5.74, 6) is 0.498. The van der Waals surface area contributed by atoms with Crippen molar-refractivity contribution in [2.24, 2.45) is 5.73 Å². The van der Waals surface area contributed by atoms with Gasteiger partial charge in [0, 0.05) is 45.7 Å². The number of nitrogens with zero attached hydrogens (tertiary/aromatic N) is 1. The molecule has 30 heavy (non-hydrogen) atoms. The number of halogens is 2. The number of primary amides is 1. The molecule has 0 radical (unpaired) electrons. The standard InChI is InChI=1S/C23H18Cl2N2O3/c24-16-4-2-6-19(11-16)30-21-12-17(25)7-8-20(21)15-10-22(28)27(13-15)18-5-1-3-14(9-18)23(26)29/h1-9,11-12,15H,10,13H2,(H2,26,29). The molecule has 1 fully saturated rings. The summed E-state index contributed by atoms with van der Waals surface area (Å²) >= 11 is 12.3. The van der Waals surface area contributed by atoms with Crippen molar-refractivity contribution >= 4 is 40.7 Å². The first-order valence-electron chi connectivity index (χ1n) is 9.34. The van der Waals surface area contributed by atoms with E-state index in [-0.39, 0.29) is 11.8 Å². The number of ether oxygens (including phenoxy) is 1. The van der Waals surface area contributed by atoms with E-state index in [2.05, 4.69) is 0 Å². The van der Waals surface area contributed by atoms with Gasteiger partial charge in [-0.15, -0.1) is 0 Å². The van der Waals surface area contributed by atoms with Crippen LogP contribution in [0.3, 0.4) is 0 Å². The van der Waals surface area contributed by atoms with Gasteiger partial charge >= 0.3 is 0 Å². The lowest BCUT2D eigenvalue weighted by Gasteiger charge is -2.19.